The SMILES string of the molecule is CCCC(N)CC(=O)Nc1ccc(C(=O)OC)cc1C. The van der Waals surface area contributed by atoms with Crippen molar-refractivity contribution in [1.82, 2.24) is 0 Å². The van der Waals surface area contributed by atoms with E-state index in [1.807, 2.05) is 13.8 Å². The summed E-state index contributed by atoms with van der Waals surface area (Å²) in [6.07, 6.45) is 2.08. The summed E-state index contributed by atoms with van der Waals surface area (Å²) >= 11 is 0. The van der Waals surface area contributed by atoms with Gasteiger partial charge in [0.25, 0.3) is 0 Å². The zero-order valence-corrected chi connectivity index (χ0v) is 12.2. The quantitative estimate of drug-likeness (QED) is 0.782. The molecule has 110 valence electrons. The molecule has 0 bridgehead atoms. The molecule has 0 aromatic heterocycles. The fourth-order valence-corrected chi connectivity index (χ4v) is 1.96. The van der Waals surface area contributed by atoms with Crippen LogP contribution in [0.2, 0.25) is 0 Å². The Morgan fingerprint density at radius 1 is 1.40 bits per heavy atom. The Morgan fingerprint density at radius 2 is 2.10 bits per heavy atom. The van der Waals surface area contributed by atoms with Crippen LogP contribution in [-0.2, 0) is 9.53 Å². The lowest BCUT2D eigenvalue weighted by atomic mass is 10.1. The normalized spacial score (nSPS) is 11.8. The molecule has 1 rings (SSSR count). The average Bonchev–Trinajstić information content (AvgIpc) is 2.40. The molecule has 0 saturated heterocycles. The van der Waals surface area contributed by atoms with Crippen LogP contribution in [0.5, 0.6) is 0 Å². The number of amides is 1. The number of hydrogen-bond donors (Lipinski definition) is 2. The lowest BCUT2D eigenvalue weighted by Gasteiger charge is -2.12. The molecule has 1 aromatic rings. The van der Waals surface area contributed by atoms with E-state index in [2.05, 4.69) is 10.1 Å². The number of benzene rings is 1. The third kappa shape index (κ3) is 4.66. The number of methoxy groups -OCH3 is 1. The maximum Gasteiger partial charge on any atom is 0.337 e. The molecule has 0 spiro atoms. The van der Waals surface area contributed by atoms with Gasteiger partial charge in [0.05, 0.1) is 12.7 Å². The number of carbonyl (C=O) groups is 2. The predicted molar refractivity (Wildman–Crippen MR) is 78.6 cm³/mol. The number of carbonyl (C=O) groups excluding carboxylic acids is 2. The van der Waals surface area contributed by atoms with Crippen molar-refractivity contribution in [1.29, 1.82) is 0 Å². The molecule has 0 aliphatic heterocycles. The topological polar surface area (TPSA) is 81.4 Å². The molecule has 1 amide bonds. The molecule has 0 aliphatic carbocycles. The first kappa shape index (κ1) is 16.2. The number of anilines is 1. The molecule has 0 heterocycles. The van der Waals surface area contributed by atoms with E-state index in [9.17, 15) is 9.59 Å². The molecular weight excluding hydrogens is 256 g/mol. The van der Waals surface area contributed by atoms with E-state index in [0.29, 0.717) is 17.7 Å². The van der Waals surface area contributed by atoms with Gasteiger partial charge in [0.2, 0.25) is 5.91 Å². The number of aryl methyl sites for hydroxylation is 1. The molecule has 0 aliphatic rings. The van der Waals surface area contributed by atoms with Gasteiger partial charge in [-0.2, -0.15) is 0 Å². The summed E-state index contributed by atoms with van der Waals surface area (Å²) in [6, 6.07) is 4.90. The van der Waals surface area contributed by atoms with Gasteiger partial charge in [-0.05, 0) is 37.1 Å². The first-order chi connectivity index (χ1) is 9.47. The lowest BCUT2D eigenvalue weighted by Crippen LogP contribution is -2.27. The van der Waals surface area contributed by atoms with Crippen molar-refractivity contribution < 1.29 is 14.3 Å². The Kier molecular flexibility index (Phi) is 6.18. The van der Waals surface area contributed by atoms with Crippen LogP contribution in [0.3, 0.4) is 0 Å². The summed E-state index contributed by atoms with van der Waals surface area (Å²) in [5, 5.41) is 2.81. The predicted octanol–water partition coefficient (Wildman–Crippen LogP) is 2.24. The van der Waals surface area contributed by atoms with Crippen LogP contribution in [0.15, 0.2) is 18.2 Å². The second-order valence-electron chi connectivity index (χ2n) is 4.82. The Labute approximate surface area is 119 Å². The Morgan fingerprint density at radius 3 is 2.65 bits per heavy atom. The van der Waals surface area contributed by atoms with Gasteiger partial charge in [0, 0.05) is 18.2 Å². The fourth-order valence-electron chi connectivity index (χ4n) is 1.96. The van der Waals surface area contributed by atoms with Gasteiger partial charge in [-0.15, -0.1) is 0 Å². The van der Waals surface area contributed by atoms with Crippen LogP contribution >= 0.6 is 0 Å². The maximum absolute atomic E-state index is 11.8. The fraction of sp³-hybridized carbons (Fsp3) is 0.467. The Hall–Kier alpha value is -1.88. The van der Waals surface area contributed by atoms with Crippen molar-refractivity contribution in [2.75, 3.05) is 12.4 Å². The highest BCUT2D eigenvalue weighted by Gasteiger charge is 2.12. The van der Waals surface area contributed by atoms with E-state index in [4.69, 9.17) is 5.73 Å². The van der Waals surface area contributed by atoms with Gasteiger partial charge < -0.3 is 15.8 Å². The highest BCUT2D eigenvalue weighted by Crippen LogP contribution is 2.17. The second-order valence-corrected chi connectivity index (χ2v) is 4.82. The van der Waals surface area contributed by atoms with Crippen molar-refractivity contribution in [3.63, 3.8) is 0 Å². The van der Waals surface area contributed by atoms with Gasteiger partial charge in [-0.3, -0.25) is 4.79 Å². The molecule has 20 heavy (non-hydrogen) atoms. The molecule has 0 saturated carbocycles. The summed E-state index contributed by atoms with van der Waals surface area (Å²) in [6.45, 7) is 3.86. The van der Waals surface area contributed by atoms with Gasteiger partial charge in [-0.25, -0.2) is 4.79 Å². The highest BCUT2D eigenvalue weighted by molar-refractivity contribution is 5.94. The van der Waals surface area contributed by atoms with Crippen LogP contribution in [-0.4, -0.2) is 25.0 Å². The summed E-state index contributed by atoms with van der Waals surface area (Å²) in [7, 11) is 1.34. The molecule has 0 radical (unpaired) electrons. The molecule has 3 N–H and O–H groups in total. The van der Waals surface area contributed by atoms with E-state index >= 15 is 0 Å². The van der Waals surface area contributed by atoms with E-state index in [0.717, 1.165) is 18.4 Å². The van der Waals surface area contributed by atoms with Crippen LogP contribution in [0.4, 0.5) is 5.69 Å². The van der Waals surface area contributed by atoms with Crippen LogP contribution < -0.4 is 11.1 Å². The van der Waals surface area contributed by atoms with Crippen molar-refractivity contribution >= 4 is 17.6 Å². The summed E-state index contributed by atoms with van der Waals surface area (Å²) in [5.41, 5.74) is 7.80. The van der Waals surface area contributed by atoms with Crippen LogP contribution in [0.25, 0.3) is 0 Å². The van der Waals surface area contributed by atoms with Crippen LogP contribution in [0, 0.1) is 6.92 Å². The number of ether oxygens (including phenoxy) is 1. The zero-order chi connectivity index (χ0) is 15.1. The summed E-state index contributed by atoms with van der Waals surface area (Å²) < 4.78 is 4.65. The third-order valence-corrected chi connectivity index (χ3v) is 3.03. The number of esters is 1. The van der Waals surface area contributed by atoms with E-state index in [1.165, 1.54) is 7.11 Å². The molecular formula is C15H22N2O3. The van der Waals surface area contributed by atoms with Gasteiger partial charge in [0.1, 0.15) is 0 Å². The highest BCUT2D eigenvalue weighted by atomic mass is 16.5. The largest absolute Gasteiger partial charge is 0.465 e. The minimum Gasteiger partial charge on any atom is -0.465 e. The van der Waals surface area contributed by atoms with Gasteiger partial charge in [0.15, 0.2) is 0 Å². The average molecular weight is 278 g/mol. The van der Waals surface area contributed by atoms with Crippen molar-refractivity contribution in [2.45, 2.75) is 39.2 Å². The number of nitrogens with one attached hydrogen (secondary N) is 1. The molecule has 5 nitrogen and oxygen atoms in total. The first-order valence-corrected chi connectivity index (χ1v) is 6.72. The van der Waals surface area contributed by atoms with E-state index < -0.39 is 5.97 Å². The Bertz CT molecular complexity index is 486. The standard InChI is InChI=1S/C15H22N2O3/c1-4-5-12(16)9-14(18)17-13-7-6-11(8-10(13)2)15(19)20-3/h6-8,12H,4-5,9,16H2,1-3H3,(H,17,18). The molecule has 1 unspecified atom stereocenters. The molecule has 1 aromatic carbocycles. The number of hydrogen-bond acceptors (Lipinski definition) is 4. The van der Waals surface area contributed by atoms with Crippen molar-refractivity contribution in [3.05, 3.63) is 29.3 Å². The van der Waals surface area contributed by atoms with Gasteiger partial charge >= 0.3 is 5.97 Å². The van der Waals surface area contributed by atoms with E-state index in [1.54, 1.807) is 18.2 Å². The second kappa shape index (κ2) is 7.65. The monoisotopic (exact) mass is 278 g/mol. The van der Waals surface area contributed by atoms with E-state index in [-0.39, 0.29) is 11.9 Å². The zero-order valence-electron chi connectivity index (χ0n) is 12.2. The van der Waals surface area contributed by atoms with Crippen molar-refractivity contribution in [3.8, 4) is 0 Å². The van der Waals surface area contributed by atoms with Crippen LogP contribution in [0.1, 0.15) is 42.1 Å². The lowest BCUT2D eigenvalue weighted by molar-refractivity contribution is -0.116. The molecule has 0 fully saturated rings. The molecule has 5 heteroatoms. The molecule has 1 atom stereocenters. The summed E-state index contributed by atoms with van der Waals surface area (Å²) in [5.74, 6) is -0.504. The number of nitrogens with two attached hydrogens (primary N) is 1. The van der Waals surface area contributed by atoms with Crippen molar-refractivity contribution in [2.24, 2.45) is 5.73 Å². The maximum atomic E-state index is 11.8. The third-order valence-electron chi connectivity index (χ3n) is 3.03. The number of rotatable bonds is 6. The Balaban J connectivity index is 2.69. The van der Waals surface area contributed by atoms with Gasteiger partial charge in [-0.1, -0.05) is 13.3 Å². The minimum absolute atomic E-state index is 0.111. The smallest absolute Gasteiger partial charge is 0.337 e. The first-order valence-electron chi connectivity index (χ1n) is 6.72. The minimum atomic E-state index is -0.393. The summed E-state index contributed by atoms with van der Waals surface area (Å²) in [4.78, 5) is 23.2.